The van der Waals surface area contributed by atoms with Gasteiger partial charge in [0, 0.05) is 21.7 Å². The number of nitrogens with one attached hydrogen (secondary N) is 2. The summed E-state index contributed by atoms with van der Waals surface area (Å²) in [5.74, 6) is -2.39. The van der Waals surface area contributed by atoms with Gasteiger partial charge in [0.05, 0.1) is 5.69 Å². The monoisotopic (exact) mass is 492 g/mol. The van der Waals surface area contributed by atoms with Crippen LogP contribution < -0.4 is 10.6 Å². The lowest BCUT2D eigenvalue weighted by Crippen LogP contribution is -2.45. The van der Waals surface area contributed by atoms with Gasteiger partial charge >= 0.3 is 5.97 Å². The second-order valence-corrected chi connectivity index (χ2v) is 8.54. The summed E-state index contributed by atoms with van der Waals surface area (Å²) in [5, 5.41) is 5.58. The predicted molar refractivity (Wildman–Crippen MR) is 133 cm³/mol. The van der Waals surface area contributed by atoms with Gasteiger partial charge in [0.1, 0.15) is 6.04 Å². The highest BCUT2D eigenvalue weighted by molar-refractivity contribution is 6.31. The van der Waals surface area contributed by atoms with E-state index in [1.807, 2.05) is 0 Å². The zero-order chi connectivity index (χ0) is 25.4. The van der Waals surface area contributed by atoms with Gasteiger partial charge in [0.15, 0.2) is 12.4 Å². The number of carbonyl (C=O) groups excluding carboxylic acids is 4. The Hall–Kier alpha value is -3.97. The third kappa shape index (κ3) is 7.01. The molecule has 0 unspecified atom stereocenters. The minimum atomic E-state index is -0.943. The first kappa shape index (κ1) is 25.6. The number of esters is 1. The van der Waals surface area contributed by atoms with E-state index in [0.717, 1.165) is 0 Å². The Kier molecular flexibility index (Phi) is 8.75. The van der Waals surface area contributed by atoms with Crippen LogP contribution in [0, 0.1) is 5.92 Å². The number of ether oxygens (including phenoxy) is 1. The molecule has 0 aliphatic heterocycles. The SMILES string of the molecule is CC(C)[C@H](NC(=O)c1ccccc1)C(=O)OCC(=O)Nc1ccc(Cl)cc1C(=O)c1ccccc1. The van der Waals surface area contributed by atoms with Gasteiger partial charge in [0.2, 0.25) is 0 Å². The van der Waals surface area contributed by atoms with Gasteiger partial charge in [-0.05, 0) is 36.2 Å². The fourth-order valence-corrected chi connectivity index (χ4v) is 3.46. The van der Waals surface area contributed by atoms with E-state index in [0.29, 0.717) is 16.1 Å². The summed E-state index contributed by atoms with van der Waals surface area (Å²) in [6.07, 6.45) is 0. The molecule has 180 valence electrons. The van der Waals surface area contributed by atoms with Crippen molar-refractivity contribution in [3.63, 3.8) is 0 Å². The molecule has 3 aromatic rings. The largest absolute Gasteiger partial charge is 0.454 e. The van der Waals surface area contributed by atoms with Gasteiger partial charge in [-0.15, -0.1) is 0 Å². The van der Waals surface area contributed by atoms with E-state index >= 15 is 0 Å². The molecule has 0 bridgehead atoms. The van der Waals surface area contributed by atoms with Crippen molar-refractivity contribution in [3.05, 3.63) is 101 Å². The van der Waals surface area contributed by atoms with Crippen molar-refractivity contribution in [2.45, 2.75) is 19.9 Å². The molecular formula is C27H25ClN2O5. The Bertz CT molecular complexity index is 1210. The first-order valence-electron chi connectivity index (χ1n) is 11.0. The second-order valence-electron chi connectivity index (χ2n) is 8.10. The Morgan fingerprint density at radius 3 is 2.06 bits per heavy atom. The van der Waals surface area contributed by atoms with E-state index in [2.05, 4.69) is 10.6 Å². The summed E-state index contributed by atoms with van der Waals surface area (Å²) in [5.41, 5.74) is 1.29. The first-order valence-corrected chi connectivity index (χ1v) is 11.4. The van der Waals surface area contributed by atoms with Gasteiger partial charge in [-0.25, -0.2) is 4.79 Å². The van der Waals surface area contributed by atoms with Crippen molar-refractivity contribution in [1.82, 2.24) is 5.32 Å². The number of ketones is 1. The standard InChI is InChI=1S/C27H25ClN2O5/c1-17(2)24(30-26(33)19-11-7-4-8-12-19)27(34)35-16-23(31)29-22-14-13-20(28)15-21(22)25(32)18-9-5-3-6-10-18/h3-15,17,24H,16H2,1-2H3,(H,29,31)(H,30,33)/t24-/m0/s1. The molecule has 0 aromatic heterocycles. The molecule has 0 saturated carbocycles. The average molecular weight is 493 g/mol. The lowest BCUT2D eigenvalue weighted by atomic mass is 10.0. The molecule has 3 aromatic carbocycles. The van der Waals surface area contributed by atoms with E-state index in [4.69, 9.17) is 16.3 Å². The van der Waals surface area contributed by atoms with Crippen molar-refractivity contribution >= 4 is 40.9 Å². The molecular weight excluding hydrogens is 468 g/mol. The highest BCUT2D eigenvalue weighted by Crippen LogP contribution is 2.24. The number of amides is 2. The second kappa shape index (κ2) is 11.9. The third-order valence-electron chi connectivity index (χ3n) is 5.13. The third-order valence-corrected chi connectivity index (χ3v) is 5.36. The number of anilines is 1. The van der Waals surface area contributed by atoms with Crippen LogP contribution in [0.1, 0.15) is 40.1 Å². The number of rotatable bonds is 9. The molecule has 1 atom stereocenters. The Balaban J connectivity index is 1.65. The van der Waals surface area contributed by atoms with Gasteiger partial charge in [-0.1, -0.05) is 74.0 Å². The average Bonchev–Trinajstić information content (AvgIpc) is 2.87. The molecule has 0 fully saturated rings. The van der Waals surface area contributed by atoms with E-state index in [-0.39, 0.29) is 23.0 Å². The zero-order valence-electron chi connectivity index (χ0n) is 19.3. The van der Waals surface area contributed by atoms with Gasteiger partial charge in [0.25, 0.3) is 11.8 Å². The van der Waals surface area contributed by atoms with E-state index in [1.54, 1.807) is 80.6 Å². The molecule has 0 spiro atoms. The van der Waals surface area contributed by atoms with E-state index in [9.17, 15) is 19.2 Å². The summed E-state index contributed by atoms with van der Waals surface area (Å²) in [6, 6.07) is 20.6. The summed E-state index contributed by atoms with van der Waals surface area (Å²) >= 11 is 6.07. The minimum Gasteiger partial charge on any atom is -0.454 e. The Morgan fingerprint density at radius 1 is 0.857 bits per heavy atom. The van der Waals surface area contributed by atoms with Gasteiger partial charge in [-0.3, -0.25) is 14.4 Å². The fourth-order valence-electron chi connectivity index (χ4n) is 3.28. The lowest BCUT2D eigenvalue weighted by Gasteiger charge is -2.21. The van der Waals surface area contributed by atoms with Crippen molar-refractivity contribution in [2.75, 3.05) is 11.9 Å². The molecule has 0 aliphatic carbocycles. The Labute approximate surface area is 208 Å². The molecule has 0 saturated heterocycles. The number of hydrogen-bond donors (Lipinski definition) is 2. The normalized spacial score (nSPS) is 11.4. The molecule has 3 rings (SSSR count). The topological polar surface area (TPSA) is 102 Å². The molecule has 8 heteroatoms. The van der Waals surface area contributed by atoms with Crippen LogP contribution in [0.25, 0.3) is 0 Å². The van der Waals surface area contributed by atoms with Crippen LogP contribution >= 0.6 is 11.6 Å². The quantitative estimate of drug-likeness (QED) is 0.338. The summed E-state index contributed by atoms with van der Waals surface area (Å²) in [4.78, 5) is 50.5. The van der Waals surface area contributed by atoms with Crippen molar-refractivity contribution in [3.8, 4) is 0 Å². The van der Waals surface area contributed by atoms with Crippen LogP contribution in [0.15, 0.2) is 78.9 Å². The lowest BCUT2D eigenvalue weighted by molar-refractivity contribution is -0.150. The highest BCUT2D eigenvalue weighted by atomic mass is 35.5. The highest BCUT2D eigenvalue weighted by Gasteiger charge is 2.27. The Morgan fingerprint density at radius 2 is 1.46 bits per heavy atom. The smallest absolute Gasteiger partial charge is 0.329 e. The maximum absolute atomic E-state index is 12.9. The van der Waals surface area contributed by atoms with Crippen LogP contribution in [0.3, 0.4) is 0 Å². The number of halogens is 1. The minimum absolute atomic E-state index is 0.207. The first-order chi connectivity index (χ1) is 16.8. The van der Waals surface area contributed by atoms with Crippen molar-refractivity contribution < 1.29 is 23.9 Å². The summed E-state index contributed by atoms with van der Waals surface area (Å²) in [7, 11) is 0. The molecule has 7 nitrogen and oxygen atoms in total. The fraction of sp³-hybridized carbons (Fsp3) is 0.185. The van der Waals surface area contributed by atoms with E-state index in [1.165, 1.54) is 12.1 Å². The number of hydrogen-bond acceptors (Lipinski definition) is 5. The predicted octanol–water partition coefficient (Wildman–Crippen LogP) is 4.51. The van der Waals surface area contributed by atoms with Crippen molar-refractivity contribution in [2.24, 2.45) is 5.92 Å². The zero-order valence-corrected chi connectivity index (χ0v) is 20.0. The number of carbonyl (C=O) groups is 4. The van der Waals surface area contributed by atoms with Gasteiger partial charge in [-0.2, -0.15) is 0 Å². The summed E-state index contributed by atoms with van der Waals surface area (Å²) < 4.78 is 5.17. The van der Waals surface area contributed by atoms with Gasteiger partial charge < -0.3 is 15.4 Å². The van der Waals surface area contributed by atoms with Crippen LogP contribution in [-0.2, 0) is 14.3 Å². The van der Waals surface area contributed by atoms with E-state index < -0.39 is 30.4 Å². The maximum atomic E-state index is 12.9. The van der Waals surface area contributed by atoms with Crippen molar-refractivity contribution in [1.29, 1.82) is 0 Å². The van der Waals surface area contributed by atoms with Crippen LogP contribution in [0.4, 0.5) is 5.69 Å². The molecule has 0 aliphatic rings. The molecule has 2 amide bonds. The molecule has 35 heavy (non-hydrogen) atoms. The molecule has 2 N–H and O–H groups in total. The van der Waals surface area contributed by atoms with Crippen LogP contribution in [-0.4, -0.2) is 36.2 Å². The van der Waals surface area contributed by atoms with Crippen LogP contribution in [0.2, 0.25) is 5.02 Å². The molecule has 0 heterocycles. The van der Waals surface area contributed by atoms with Crippen LogP contribution in [0.5, 0.6) is 0 Å². The molecule has 0 radical (unpaired) electrons. The maximum Gasteiger partial charge on any atom is 0.329 e. The summed E-state index contributed by atoms with van der Waals surface area (Å²) in [6.45, 7) is 2.92. The number of benzene rings is 3.